The van der Waals surface area contributed by atoms with E-state index in [1.165, 1.54) is 80.2 Å². The third-order valence-electron chi connectivity index (χ3n) is 13.6. The van der Waals surface area contributed by atoms with E-state index in [1.54, 1.807) is 0 Å². The van der Waals surface area contributed by atoms with E-state index in [1.807, 2.05) is 23.5 Å². The van der Waals surface area contributed by atoms with E-state index in [2.05, 4.69) is 228 Å². The van der Waals surface area contributed by atoms with Gasteiger partial charge < -0.3 is 13.9 Å². The molecular weight excluding hydrogens is 821 g/mol. The molecule has 3 nitrogen and oxygen atoms in total. The first-order chi connectivity index (χ1) is 32.7. The van der Waals surface area contributed by atoms with Crippen molar-refractivity contribution < 1.29 is 4.42 Å². The molecule has 11 aromatic carbocycles. The van der Waals surface area contributed by atoms with E-state index >= 15 is 0 Å². The molecule has 0 saturated carbocycles. The number of aromatic nitrogens is 1. The van der Waals surface area contributed by atoms with Crippen LogP contribution in [0.3, 0.4) is 0 Å². The largest absolute Gasteiger partial charge is 0.456 e. The van der Waals surface area contributed by atoms with Crippen molar-refractivity contribution in [1.82, 2.24) is 4.57 Å². The van der Waals surface area contributed by atoms with Crippen LogP contribution in [-0.2, 0) is 0 Å². The number of para-hydroxylation sites is 3. The number of nitrogens with zero attached hydrogens (tertiary/aromatic N) is 2. The zero-order valence-electron chi connectivity index (χ0n) is 35.7. The Morgan fingerprint density at radius 2 is 0.955 bits per heavy atom. The molecule has 0 bridgehead atoms. The first kappa shape index (κ1) is 37.0. The Morgan fingerprint density at radius 1 is 0.348 bits per heavy atom. The predicted octanol–water partition coefficient (Wildman–Crippen LogP) is 18.2. The number of benzene rings is 11. The molecule has 0 atom stereocenters. The van der Waals surface area contributed by atoms with Crippen LogP contribution in [0.25, 0.3) is 113 Å². The summed E-state index contributed by atoms with van der Waals surface area (Å²) in [5.41, 5.74) is 13.4. The van der Waals surface area contributed by atoms with Gasteiger partial charge in [-0.15, -0.1) is 11.3 Å². The van der Waals surface area contributed by atoms with E-state index < -0.39 is 0 Å². The number of rotatable bonds is 6. The average Bonchev–Trinajstić information content (AvgIpc) is 4.06. The lowest BCUT2D eigenvalue weighted by atomic mass is 9.96. The molecule has 0 saturated heterocycles. The summed E-state index contributed by atoms with van der Waals surface area (Å²) in [7, 11) is 0. The zero-order valence-corrected chi connectivity index (χ0v) is 36.5. The van der Waals surface area contributed by atoms with Crippen LogP contribution in [0.2, 0.25) is 0 Å². The van der Waals surface area contributed by atoms with Crippen molar-refractivity contribution in [1.29, 1.82) is 0 Å². The fraction of sp³-hybridized carbons (Fsp3) is 0. The molecule has 0 aliphatic carbocycles. The lowest BCUT2D eigenvalue weighted by Crippen LogP contribution is -2.10. The number of thiophene rings is 1. The summed E-state index contributed by atoms with van der Waals surface area (Å²) in [5.74, 6) is 0. The molecule has 0 aliphatic rings. The molecule has 0 radical (unpaired) electrons. The Labute approximate surface area is 384 Å². The Bertz CT molecular complexity index is 4180. The van der Waals surface area contributed by atoms with Gasteiger partial charge >= 0.3 is 0 Å². The van der Waals surface area contributed by atoms with Crippen LogP contribution >= 0.6 is 11.3 Å². The van der Waals surface area contributed by atoms with E-state index in [-0.39, 0.29) is 0 Å². The van der Waals surface area contributed by atoms with Crippen molar-refractivity contribution >= 4 is 114 Å². The summed E-state index contributed by atoms with van der Waals surface area (Å²) in [6.45, 7) is 0. The average molecular weight is 859 g/mol. The van der Waals surface area contributed by atoms with Crippen LogP contribution < -0.4 is 4.90 Å². The summed E-state index contributed by atoms with van der Waals surface area (Å²) < 4.78 is 11.3. The molecule has 0 amide bonds. The van der Waals surface area contributed by atoms with Crippen LogP contribution in [0.5, 0.6) is 0 Å². The van der Waals surface area contributed by atoms with Crippen molar-refractivity contribution in [3.05, 3.63) is 231 Å². The number of anilines is 3. The SMILES string of the molecule is c1ccc(-c2ccc3ccc4ccc(N(c5ccc(-n6c7ccccc7c7ccccc76)cc5)c5ccc6sc7cccc(-c8ccc9c(c8)oc8ccccc89)c7c6c5)cc4c3c2)cc1. The van der Waals surface area contributed by atoms with Crippen LogP contribution in [0.15, 0.2) is 235 Å². The fourth-order valence-electron chi connectivity index (χ4n) is 10.5. The van der Waals surface area contributed by atoms with Crippen molar-refractivity contribution in [2.75, 3.05) is 4.90 Å². The fourth-order valence-corrected chi connectivity index (χ4v) is 11.6. The summed E-state index contributed by atoms with van der Waals surface area (Å²) in [6.07, 6.45) is 0. The van der Waals surface area contributed by atoms with Crippen LogP contribution in [0.4, 0.5) is 17.1 Å². The van der Waals surface area contributed by atoms with Gasteiger partial charge in [-0.1, -0.05) is 133 Å². The number of hydrogen-bond acceptors (Lipinski definition) is 3. The van der Waals surface area contributed by atoms with E-state index in [0.717, 1.165) is 50.3 Å². The number of furan rings is 1. The monoisotopic (exact) mass is 858 g/mol. The van der Waals surface area contributed by atoms with Gasteiger partial charge in [0.25, 0.3) is 0 Å². The van der Waals surface area contributed by atoms with E-state index in [0.29, 0.717) is 0 Å². The Balaban J connectivity index is 0.967. The van der Waals surface area contributed by atoms with E-state index in [4.69, 9.17) is 4.42 Å². The highest BCUT2D eigenvalue weighted by molar-refractivity contribution is 7.26. The quantitative estimate of drug-likeness (QED) is 0.155. The van der Waals surface area contributed by atoms with Crippen molar-refractivity contribution in [3.63, 3.8) is 0 Å². The van der Waals surface area contributed by atoms with Crippen LogP contribution in [-0.4, -0.2) is 4.57 Å². The second-order valence-electron chi connectivity index (χ2n) is 17.3. The molecule has 0 spiro atoms. The lowest BCUT2D eigenvalue weighted by molar-refractivity contribution is 0.669. The highest BCUT2D eigenvalue weighted by atomic mass is 32.1. The lowest BCUT2D eigenvalue weighted by Gasteiger charge is -2.26. The molecular formula is C62H38N2OS. The van der Waals surface area contributed by atoms with Gasteiger partial charge in [0, 0.05) is 64.5 Å². The first-order valence-electron chi connectivity index (χ1n) is 22.5. The van der Waals surface area contributed by atoms with Gasteiger partial charge in [0.05, 0.1) is 11.0 Å². The van der Waals surface area contributed by atoms with E-state index in [9.17, 15) is 0 Å². The smallest absolute Gasteiger partial charge is 0.136 e. The zero-order chi connectivity index (χ0) is 43.3. The summed E-state index contributed by atoms with van der Waals surface area (Å²) in [6, 6.07) is 84.2. The molecule has 0 N–H and O–H groups in total. The maximum Gasteiger partial charge on any atom is 0.136 e. The summed E-state index contributed by atoms with van der Waals surface area (Å²) >= 11 is 1.85. The first-order valence-corrected chi connectivity index (χ1v) is 23.3. The van der Waals surface area contributed by atoms with Crippen molar-refractivity contribution in [2.24, 2.45) is 0 Å². The van der Waals surface area contributed by atoms with Gasteiger partial charge in [0.15, 0.2) is 0 Å². The molecule has 14 rings (SSSR count). The molecule has 14 aromatic rings. The topological polar surface area (TPSA) is 21.3 Å². The summed E-state index contributed by atoms with van der Waals surface area (Å²) in [5, 5.41) is 12.2. The third-order valence-corrected chi connectivity index (χ3v) is 14.7. The van der Waals surface area contributed by atoms with Crippen molar-refractivity contribution in [3.8, 4) is 27.9 Å². The molecule has 4 heteroatoms. The third kappa shape index (κ3) is 5.75. The molecule has 3 heterocycles. The second kappa shape index (κ2) is 14.5. The molecule has 308 valence electrons. The Morgan fingerprint density at radius 3 is 1.74 bits per heavy atom. The molecule has 0 fully saturated rings. The minimum atomic E-state index is 0.904. The predicted molar refractivity (Wildman–Crippen MR) is 282 cm³/mol. The highest BCUT2D eigenvalue weighted by Gasteiger charge is 2.20. The van der Waals surface area contributed by atoms with Crippen molar-refractivity contribution in [2.45, 2.75) is 0 Å². The second-order valence-corrected chi connectivity index (χ2v) is 18.3. The highest BCUT2D eigenvalue weighted by Crippen LogP contribution is 2.46. The molecule has 3 aromatic heterocycles. The number of fused-ring (bicyclic) bond motifs is 12. The minimum Gasteiger partial charge on any atom is -0.456 e. The molecule has 0 unspecified atom stereocenters. The Kier molecular flexibility index (Phi) is 8.15. The molecule has 66 heavy (non-hydrogen) atoms. The van der Waals surface area contributed by atoms with Gasteiger partial charge in [0.2, 0.25) is 0 Å². The van der Waals surface area contributed by atoms with Crippen LogP contribution in [0.1, 0.15) is 0 Å². The molecule has 0 aliphatic heterocycles. The number of hydrogen-bond donors (Lipinski definition) is 0. The standard InChI is InChI=1S/C62H38N2OS/c1-2-11-39(12-3-1)42-24-23-40-21-22-41-25-27-46(37-54(41)53(40)35-42)63(44-28-30-45(31-29-44)64-56-17-7-4-13-49(56)50-14-5-8-18-57(50)64)47-32-34-60-55(38-47)62-48(16-10-20-61(62)66-60)43-26-33-52-51-15-6-9-19-58(51)65-59(52)36-43/h1-38H. The van der Waals surface area contributed by atoms with Crippen LogP contribution in [0, 0.1) is 0 Å². The maximum absolute atomic E-state index is 6.40. The maximum atomic E-state index is 6.40. The van der Waals surface area contributed by atoms with Gasteiger partial charge in [-0.3, -0.25) is 0 Å². The minimum absolute atomic E-state index is 0.904. The van der Waals surface area contributed by atoms with Gasteiger partial charge in [-0.25, -0.2) is 0 Å². The van der Waals surface area contributed by atoms with Gasteiger partial charge in [-0.2, -0.15) is 0 Å². The van der Waals surface area contributed by atoms with Gasteiger partial charge in [0.1, 0.15) is 11.2 Å². The Hall–Kier alpha value is -8.44. The van der Waals surface area contributed by atoms with Gasteiger partial charge in [-0.05, 0) is 141 Å². The normalized spacial score (nSPS) is 11.9. The summed E-state index contributed by atoms with van der Waals surface area (Å²) in [4.78, 5) is 2.43.